The fourth-order valence-corrected chi connectivity index (χ4v) is 3.16. The first-order chi connectivity index (χ1) is 12.3. The van der Waals surface area contributed by atoms with Crippen LogP contribution >= 0.6 is 0 Å². The van der Waals surface area contributed by atoms with Gasteiger partial charge in [0.25, 0.3) is 0 Å². The van der Waals surface area contributed by atoms with Crippen LogP contribution < -0.4 is 0 Å². The Morgan fingerprint density at radius 2 is 1.88 bits per heavy atom. The van der Waals surface area contributed by atoms with Gasteiger partial charge in [-0.3, -0.25) is 4.90 Å². The van der Waals surface area contributed by atoms with Crippen LogP contribution in [-0.4, -0.2) is 41.2 Å². The summed E-state index contributed by atoms with van der Waals surface area (Å²) in [5.74, 6) is 0. The molecule has 0 bridgehead atoms. The van der Waals surface area contributed by atoms with E-state index >= 15 is 0 Å². The van der Waals surface area contributed by atoms with Crippen molar-refractivity contribution >= 4 is 11.6 Å². The van der Waals surface area contributed by atoms with Crippen LogP contribution in [0.15, 0.2) is 54.6 Å². The molecule has 1 aromatic carbocycles. The van der Waals surface area contributed by atoms with E-state index in [2.05, 4.69) is 48.2 Å². The van der Waals surface area contributed by atoms with E-state index in [4.69, 9.17) is 10.1 Å². The monoisotopic (exact) mass is 334 g/mol. The summed E-state index contributed by atoms with van der Waals surface area (Å²) in [4.78, 5) is 7.26. The maximum absolute atomic E-state index is 8.98. The molecule has 25 heavy (non-hydrogen) atoms. The minimum atomic E-state index is 0.0293. The Labute approximate surface area is 150 Å². The van der Waals surface area contributed by atoms with E-state index in [0.29, 0.717) is 0 Å². The first-order valence-electron chi connectivity index (χ1n) is 9.00. The highest BCUT2D eigenvalue weighted by Crippen LogP contribution is 2.23. The number of aryl methyl sites for hydroxylation is 1. The van der Waals surface area contributed by atoms with Gasteiger partial charge in [0.1, 0.15) is 0 Å². The molecule has 0 atom stereocenters. The third-order valence-corrected chi connectivity index (χ3v) is 4.56. The van der Waals surface area contributed by atoms with Crippen molar-refractivity contribution in [3.05, 3.63) is 77.1 Å². The second-order valence-corrected chi connectivity index (χ2v) is 6.52. The average molecular weight is 334 g/mol. The first-order valence-corrected chi connectivity index (χ1v) is 9.00. The lowest BCUT2D eigenvalue weighted by molar-refractivity contribution is 0.343. The number of nitrogens with zero attached hydrogens (tertiary/aromatic N) is 2. The molecule has 1 aromatic heterocycles. The van der Waals surface area contributed by atoms with E-state index in [1.54, 1.807) is 6.08 Å². The number of hydrogen-bond acceptors (Lipinski definition) is 3. The number of aliphatic hydroxyl groups excluding tert-OH is 1. The molecule has 0 saturated carbocycles. The van der Waals surface area contributed by atoms with Crippen molar-refractivity contribution in [2.75, 3.05) is 26.2 Å². The summed E-state index contributed by atoms with van der Waals surface area (Å²) in [5, 5.41) is 8.98. The topological polar surface area (TPSA) is 36.4 Å². The first kappa shape index (κ1) is 17.6. The second-order valence-electron chi connectivity index (χ2n) is 6.52. The lowest BCUT2D eigenvalue weighted by Gasteiger charge is -2.14. The van der Waals surface area contributed by atoms with Crippen molar-refractivity contribution in [1.29, 1.82) is 0 Å². The predicted octanol–water partition coefficient (Wildman–Crippen LogP) is 3.92. The quantitative estimate of drug-likeness (QED) is 0.870. The molecule has 1 N–H and O–H groups in total. The lowest BCUT2D eigenvalue weighted by atomic mass is 10.00. The fraction of sp³-hybridized carbons (Fsp3) is 0.318. The lowest BCUT2D eigenvalue weighted by Crippen LogP contribution is -2.19. The molecule has 3 heteroatoms. The summed E-state index contributed by atoms with van der Waals surface area (Å²) in [7, 11) is 0. The molecule has 0 amide bonds. The number of rotatable bonds is 6. The summed E-state index contributed by atoms with van der Waals surface area (Å²) in [6.07, 6.45) is 8.47. The predicted molar refractivity (Wildman–Crippen MR) is 104 cm³/mol. The maximum Gasteiger partial charge on any atom is 0.0712 e. The highest BCUT2D eigenvalue weighted by Gasteiger charge is 2.12. The van der Waals surface area contributed by atoms with Crippen LogP contribution in [0.5, 0.6) is 0 Å². The SMILES string of the molecule is Cc1ccc(/C(=C\CN2CCCC2)c2cccc(/C=C/CO)n2)cc1. The van der Waals surface area contributed by atoms with Crippen molar-refractivity contribution in [2.45, 2.75) is 19.8 Å². The minimum Gasteiger partial charge on any atom is -0.392 e. The highest BCUT2D eigenvalue weighted by atomic mass is 16.2. The van der Waals surface area contributed by atoms with Crippen LogP contribution in [0.1, 0.15) is 35.4 Å². The van der Waals surface area contributed by atoms with E-state index in [1.165, 1.54) is 42.6 Å². The zero-order valence-corrected chi connectivity index (χ0v) is 14.9. The van der Waals surface area contributed by atoms with Gasteiger partial charge in [-0.05, 0) is 56.6 Å². The molecule has 3 nitrogen and oxygen atoms in total. The molecule has 2 heterocycles. The normalized spacial score (nSPS) is 16.0. The van der Waals surface area contributed by atoms with Gasteiger partial charge in [-0.15, -0.1) is 0 Å². The summed E-state index contributed by atoms with van der Waals surface area (Å²) in [6.45, 7) is 5.47. The Balaban J connectivity index is 1.93. The maximum atomic E-state index is 8.98. The van der Waals surface area contributed by atoms with E-state index in [1.807, 2.05) is 18.2 Å². The minimum absolute atomic E-state index is 0.0293. The van der Waals surface area contributed by atoms with Gasteiger partial charge in [-0.1, -0.05) is 48.0 Å². The Bertz CT molecular complexity index is 741. The number of likely N-dealkylation sites (tertiary alicyclic amines) is 1. The van der Waals surface area contributed by atoms with Gasteiger partial charge < -0.3 is 5.11 Å². The third kappa shape index (κ3) is 4.88. The van der Waals surface area contributed by atoms with Crippen molar-refractivity contribution < 1.29 is 5.11 Å². The smallest absolute Gasteiger partial charge is 0.0712 e. The average Bonchev–Trinajstić information content (AvgIpc) is 3.15. The fourth-order valence-electron chi connectivity index (χ4n) is 3.16. The van der Waals surface area contributed by atoms with Crippen molar-refractivity contribution in [2.24, 2.45) is 0 Å². The number of benzene rings is 1. The molecule has 3 rings (SSSR count). The zero-order valence-electron chi connectivity index (χ0n) is 14.9. The summed E-state index contributed by atoms with van der Waals surface area (Å²) >= 11 is 0. The molecule has 130 valence electrons. The van der Waals surface area contributed by atoms with Crippen LogP contribution in [0.3, 0.4) is 0 Å². The molecule has 1 fully saturated rings. The van der Waals surface area contributed by atoms with Crippen LogP contribution in [-0.2, 0) is 0 Å². The van der Waals surface area contributed by atoms with Gasteiger partial charge >= 0.3 is 0 Å². The van der Waals surface area contributed by atoms with Crippen LogP contribution in [0.4, 0.5) is 0 Å². The molecule has 1 aliphatic heterocycles. The number of aliphatic hydroxyl groups is 1. The van der Waals surface area contributed by atoms with Crippen LogP contribution in [0.2, 0.25) is 0 Å². The van der Waals surface area contributed by atoms with Crippen molar-refractivity contribution in [3.63, 3.8) is 0 Å². The van der Waals surface area contributed by atoms with E-state index in [-0.39, 0.29) is 6.61 Å². The van der Waals surface area contributed by atoms with E-state index in [9.17, 15) is 0 Å². The van der Waals surface area contributed by atoms with Gasteiger partial charge in [0, 0.05) is 12.1 Å². The molecule has 0 unspecified atom stereocenters. The van der Waals surface area contributed by atoms with Crippen molar-refractivity contribution in [3.8, 4) is 0 Å². The van der Waals surface area contributed by atoms with Gasteiger partial charge in [0.05, 0.1) is 18.0 Å². The molecule has 2 aromatic rings. The Morgan fingerprint density at radius 3 is 2.60 bits per heavy atom. The summed E-state index contributed by atoms with van der Waals surface area (Å²) in [6, 6.07) is 14.7. The number of pyridine rings is 1. The molecule has 1 aliphatic rings. The Hall–Kier alpha value is -2.23. The van der Waals surface area contributed by atoms with E-state index < -0.39 is 0 Å². The standard InChI is InChI=1S/C22H26N2O/c1-18-9-11-19(12-10-18)21(13-16-24-14-2-3-15-24)22-8-4-6-20(23-22)7-5-17-25/h4-13,25H,2-3,14-17H2,1H3/b7-5+,21-13+. The van der Waals surface area contributed by atoms with Gasteiger partial charge in [-0.25, -0.2) is 4.98 Å². The molecule has 0 aliphatic carbocycles. The Morgan fingerprint density at radius 1 is 1.12 bits per heavy atom. The van der Waals surface area contributed by atoms with Crippen molar-refractivity contribution in [1.82, 2.24) is 9.88 Å². The Kier molecular flexibility index (Phi) is 6.15. The number of aromatic nitrogens is 1. The molecular weight excluding hydrogens is 308 g/mol. The van der Waals surface area contributed by atoms with Crippen LogP contribution in [0.25, 0.3) is 11.6 Å². The molecule has 1 saturated heterocycles. The van der Waals surface area contributed by atoms with E-state index in [0.717, 1.165) is 17.9 Å². The molecule has 0 spiro atoms. The third-order valence-electron chi connectivity index (χ3n) is 4.56. The largest absolute Gasteiger partial charge is 0.392 e. The van der Waals surface area contributed by atoms with Gasteiger partial charge in [0.15, 0.2) is 0 Å². The molecule has 0 radical (unpaired) electrons. The summed E-state index contributed by atoms with van der Waals surface area (Å²) in [5.41, 5.74) is 5.47. The molecular formula is C22H26N2O. The number of hydrogen-bond donors (Lipinski definition) is 1. The van der Waals surface area contributed by atoms with Gasteiger partial charge in [0.2, 0.25) is 0 Å². The second kappa shape index (κ2) is 8.75. The zero-order chi connectivity index (χ0) is 17.5. The van der Waals surface area contributed by atoms with Gasteiger partial charge in [-0.2, -0.15) is 0 Å². The van der Waals surface area contributed by atoms with Crippen LogP contribution in [0, 0.1) is 6.92 Å². The highest BCUT2D eigenvalue weighted by molar-refractivity contribution is 5.78. The summed E-state index contributed by atoms with van der Waals surface area (Å²) < 4.78 is 0.